The lowest BCUT2D eigenvalue weighted by Gasteiger charge is -2.26. The number of hydrogen-bond acceptors (Lipinski definition) is 3. The van der Waals surface area contributed by atoms with Crippen LogP contribution in [-0.2, 0) is 4.74 Å². The van der Waals surface area contributed by atoms with Crippen LogP contribution in [0.2, 0.25) is 0 Å². The third kappa shape index (κ3) is 1.99. The quantitative estimate of drug-likeness (QED) is 0.896. The van der Waals surface area contributed by atoms with Gasteiger partial charge in [-0.25, -0.2) is 0 Å². The maximum atomic E-state index is 11.6. The van der Waals surface area contributed by atoms with Crippen molar-refractivity contribution in [2.75, 3.05) is 13.2 Å². The average Bonchev–Trinajstić information content (AvgIpc) is 2.40. The summed E-state index contributed by atoms with van der Waals surface area (Å²) < 4.78 is 6.00. The molecule has 1 saturated heterocycles. The monoisotopic (exact) mass is 275 g/mol. The van der Waals surface area contributed by atoms with Gasteiger partial charge in [0.05, 0.1) is 27.9 Å². The minimum Gasteiger partial charge on any atom is -0.377 e. The van der Waals surface area contributed by atoms with E-state index >= 15 is 0 Å². The molecule has 1 fully saturated rings. The molecule has 1 aromatic rings. The Balaban J connectivity index is 2.02. The molecule has 1 N–H and O–H groups in total. The fourth-order valence-electron chi connectivity index (χ4n) is 1.15. The maximum absolute atomic E-state index is 11.6. The molecule has 1 aliphatic heterocycles. The predicted octanol–water partition coefficient (Wildman–Crippen LogP) is 1.95. The summed E-state index contributed by atoms with van der Waals surface area (Å²) in [7, 11) is 0. The smallest absolute Gasteiger partial charge is 0.261 e. The van der Waals surface area contributed by atoms with E-state index in [1.54, 1.807) is 0 Å². The Morgan fingerprint density at radius 3 is 2.86 bits per heavy atom. The molecule has 1 amide bonds. The molecule has 14 heavy (non-hydrogen) atoms. The lowest BCUT2D eigenvalue weighted by molar-refractivity contribution is -0.00339. The second-order valence-electron chi connectivity index (χ2n) is 3.28. The van der Waals surface area contributed by atoms with Crippen LogP contribution in [0.25, 0.3) is 0 Å². The van der Waals surface area contributed by atoms with Gasteiger partial charge in [-0.1, -0.05) is 0 Å². The van der Waals surface area contributed by atoms with Crippen LogP contribution in [0, 0.1) is 6.92 Å². The summed E-state index contributed by atoms with van der Waals surface area (Å²) in [6.45, 7) is 3.25. The Hall–Kier alpha value is -0.390. The van der Waals surface area contributed by atoms with Crippen molar-refractivity contribution in [3.8, 4) is 0 Å². The van der Waals surface area contributed by atoms with Gasteiger partial charge >= 0.3 is 0 Å². The van der Waals surface area contributed by atoms with Gasteiger partial charge < -0.3 is 10.1 Å². The van der Waals surface area contributed by atoms with Crippen LogP contribution in [0.15, 0.2) is 9.85 Å². The fourth-order valence-corrected chi connectivity index (χ4v) is 2.59. The van der Waals surface area contributed by atoms with Crippen molar-refractivity contribution in [1.29, 1.82) is 0 Å². The van der Waals surface area contributed by atoms with Crippen molar-refractivity contribution < 1.29 is 9.53 Å². The van der Waals surface area contributed by atoms with Crippen molar-refractivity contribution in [3.63, 3.8) is 0 Å². The number of rotatable bonds is 2. The van der Waals surface area contributed by atoms with E-state index in [0.717, 1.165) is 14.2 Å². The van der Waals surface area contributed by atoms with Gasteiger partial charge in [0.1, 0.15) is 0 Å². The molecule has 3 nitrogen and oxygen atoms in total. The first-order chi connectivity index (χ1) is 6.66. The molecule has 0 spiro atoms. The standard InChI is InChI=1S/C9H10BrNO2S/c1-5-2-7(14-8(5)10)9(12)11-6-3-13-4-6/h2,6H,3-4H2,1H3,(H,11,12). The Morgan fingerprint density at radius 2 is 2.43 bits per heavy atom. The van der Waals surface area contributed by atoms with Crippen molar-refractivity contribution >= 4 is 33.2 Å². The van der Waals surface area contributed by atoms with Gasteiger partial charge in [-0.3, -0.25) is 4.79 Å². The van der Waals surface area contributed by atoms with E-state index in [0.29, 0.717) is 13.2 Å². The zero-order chi connectivity index (χ0) is 10.1. The Morgan fingerprint density at radius 1 is 1.71 bits per heavy atom. The number of ether oxygens (including phenoxy) is 1. The van der Waals surface area contributed by atoms with Crippen LogP contribution in [0.1, 0.15) is 15.2 Å². The summed E-state index contributed by atoms with van der Waals surface area (Å²) in [6, 6.07) is 2.09. The normalized spacial score (nSPS) is 16.4. The maximum Gasteiger partial charge on any atom is 0.261 e. The summed E-state index contributed by atoms with van der Waals surface area (Å²) in [6.07, 6.45) is 0. The van der Waals surface area contributed by atoms with Crippen molar-refractivity contribution in [3.05, 3.63) is 20.3 Å². The number of carbonyl (C=O) groups is 1. The molecule has 5 heteroatoms. The molecule has 0 atom stereocenters. The number of carbonyl (C=O) groups excluding carboxylic acids is 1. The number of aryl methyl sites for hydroxylation is 1. The van der Waals surface area contributed by atoms with Crippen molar-refractivity contribution in [1.82, 2.24) is 5.32 Å². The second kappa shape index (κ2) is 4.00. The van der Waals surface area contributed by atoms with Gasteiger partial charge in [0.25, 0.3) is 5.91 Å². The first kappa shape index (κ1) is 10.1. The molecule has 0 saturated carbocycles. The topological polar surface area (TPSA) is 38.3 Å². The van der Waals surface area contributed by atoms with Crippen LogP contribution in [0.3, 0.4) is 0 Å². The summed E-state index contributed by atoms with van der Waals surface area (Å²) in [4.78, 5) is 12.4. The van der Waals surface area contributed by atoms with E-state index in [1.165, 1.54) is 11.3 Å². The third-order valence-electron chi connectivity index (χ3n) is 2.05. The van der Waals surface area contributed by atoms with Gasteiger partial charge in [0, 0.05) is 0 Å². The number of halogens is 1. The highest BCUT2D eigenvalue weighted by Crippen LogP contribution is 2.27. The van der Waals surface area contributed by atoms with E-state index in [2.05, 4.69) is 21.2 Å². The summed E-state index contributed by atoms with van der Waals surface area (Å²) in [5.41, 5.74) is 1.10. The highest BCUT2D eigenvalue weighted by molar-refractivity contribution is 9.11. The first-order valence-corrected chi connectivity index (χ1v) is 5.92. The van der Waals surface area contributed by atoms with Crippen LogP contribution in [0.4, 0.5) is 0 Å². The van der Waals surface area contributed by atoms with Gasteiger partial charge in [0.2, 0.25) is 0 Å². The van der Waals surface area contributed by atoms with E-state index in [9.17, 15) is 4.79 Å². The van der Waals surface area contributed by atoms with E-state index in [-0.39, 0.29) is 11.9 Å². The summed E-state index contributed by atoms with van der Waals surface area (Å²) >= 11 is 4.86. The lowest BCUT2D eigenvalue weighted by atomic mass is 10.2. The molecule has 0 bridgehead atoms. The van der Waals surface area contributed by atoms with E-state index < -0.39 is 0 Å². The molecular weight excluding hydrogens is 266 g/mol. The van der Waals surface area contributed by atoms with Gasteiger partial charge in [-0.2, -0.15) is 0 Å². The Bertz CT molecular complexity index is 340. The van der Waals surface area contributed by atoms with Crippen molar-refractivity contribution in [2.45, 2.75) is 13.0 Å². The van der Waals surface area contributed by atoms with Crippen LogP contribution < -0.4 is 5.32 Å². The van der Waals surface area contributed by atoms with Crippen LogP contribution in [-0.4, -0.2) is 25.2 Å². The molecular formula is C9H10BrNO2S. The number of thiophene rings is 1. The third-order valence-corrected chi connectivity index (χ3v) is 4.19. The zero-order valence-corrected chi connectivity index (χ0v) is 10.1. The number of hydrogen-bond donors (Lipinski definition) is 1. The Labute approximate surface area is 94.6 Å². The second-order valence-corrected chi connectivity index (χ2v) is 5.65. The molecule has 2 heterocycles. The summed E-state index contributed by atoms with van der Waals surface area (Å²) in [5.74, 6) is -0.00269. The first-order valence-electron chi connectivity index (χ1n) is 4.31. The van der Waals surface area contributed by atoms with Crippen LogP contribution in [0.5, 0.6) is 0 Å². The minimum absolute atomic E-state index is 0.00269. The molecule has 2 rings (SSSR count). The molecule has 1 aromatic heterocycles. The SMILES string of the molecule is Cc1cc(C(=O)NC2COC2)sc1Br. The average molecular weight is 276 g/mol. The van der Waals surface area contributed by atoms with Crippen LogP contribution >= 0.6 is 27.3 Å². The highest BCUT2D eigenvalue weighted by atomic mass is 79.9. The van der Waals surface area contributed by atoms with Gasteiger partial charge in [-0.05, 0) is 34.5 Å². The summed E-state index contributed by atoms with van der Waals surface area (Å²) in [5, 5.41) is 2.90. The fraction of sp³-hybridized carbons (Fsp3) is 0.444. The molecule has 0 aromatic carbocycles. The lowest BCUT2D eigenvalue weighted by Crippen LogP contribution is -2.48. The molecule has 0 radical (unpaired) electrons. The minimum atomic E-state index is -0.00269. The zero-order valence-electron chi connectivity index (χ0n) is 7.67. The van der Waals surface area contributed by atoms with E-state index in [4.69, 9.17) is 4.74 Å². The molecule has 0 aliphatic carbocycles. The van der Waals surface area contributed by atoms with Crippen molar-refractivity contribution in [2.24, 2.45) is 0 Å². The predicted molar refractivity (Wildman–Crippen MR) is 58.8 cm³/mol. The molecule has 0 unspecified atom stereocenters. The molecule has 1 aliphatic rings. The Kier molecular flexibility index (Phi) is 2.90. The molecule has 76 valence electrons. The number of nitrogens with one attached hydrogen (secondary N) is 1. The van der Waals surface area contributed by atoms with Gasteiger partial charge in [-0.15, -0.1) is 11.3 Å². The highest BCUT2D eigenvalue weighted by Gasteiger charge is 2.22. The van der Waals surface area contributed by atoms with E-state index in [1.807, 2.05) is 13.0 Å². The largest absolute Gasteiger partial charge is 0.377 e. The van der Waals surface area contributed by atoms with Gasteiger partial charge in [0.15, 0.2) is 0 Å². The number of amides is 1.